The van der Waals surface area contributed by atoms with Gasteiger partial charge in [-0.1, -0.05) is 12.1 Å². The van der Waals surface area contributed by atoms with E-state index in [1.807, 2.05) is 19.1 Å². The highest BCUT2D eigenvalue weighted by Crippen LogP contribution is 2.04. The lowest BCUT2D eigenvalue weighted by Gasteiger charge is -2.05. The van der Waals surface area contributed by atoms with Gasteiger partial charge in [0.25, 0.3) is 0 Å². The summed E-state index contributed by atoms with van der Waals surface area (Å²) in [6.45, 7) is 5.18. The predicted octanol–water partition coefficient (Wildman–Crippen LogP) is 2.32. The normalized spacial score (nSPS) is 9.83. The number of nitrogens with one attached hydrogen (secondary N) is 1. The molecule has 0 atom stereocenters. The molecule has 1 aromatic carbocycles. The van der Waals surface area contributed by atoms with Crippen LogP contribution in [0.3, 0.4) is 0 Å². The Bertz CT molecular complexity index is 341. The van der Waals surface area contributed by atoms with Gasteiger partial charge < -0.3 is 15.2 Å². The maximum atomic E-state index is 10.6. The molecule has 0 bridgehead atoms. The molecule has 0 unspecified atom stereocenters. The molecule has 0 heterocycles. The minimum Gasteiger partial charge on any atom is -0.478 e. The van der Waals surface area contributed by atoms with Gasteiger partial charge in [0, 0.05) is 19.8 Å². The molecule has 0 aliphatic rings. The van der Waals surface area contributed by atoms with Crippen LogP contribution >= 0.6 is 12.4 Å². The van der Waals surface area contributed by atoms with Crippen LogP contribution in [-0.2, 0) is 11.3 Å². The standard InChI is InChI=1S/C13H19NO3.ClH/c1-2-17-9-3-8-14-10-11-4-6-12(7-5-11)13(15)16;/h4-7,14H,2-3,8-10H2,1H3,(H,15,16);1H. The molecule has 0 fully saturated rings. The largest absolute Gasteiger partial charge is 0.478 e. The first-order chi connectivity index (χ1) is 8.24. The van der Waals surface area contributed by atoms with Crippen molar-refractivity contribution in [1.29, 1.82) is 0 Å². The highest BCUT2D eigenvalue weighted by Gasteiger charge is 2.01. The molecule has 0 saturated carbocycles. The Morgan fingerprint density at radius 3 is 2.56 bits per heavy atom. The van der Waals surface area contributed by atoms with Crippen LogP contribution < -0.4 is 5.32 Å². The molecule has 0 radical (unpaired) electrons. The number of carboxylic acids is 1. The fourth-order valence-electron chi connectivity index (χ4n) is 1.44. The number of ether oxygens (including phenoxy) is 1. The van der Waals surface area contributed by atoms with Gasteiger partial charge >= 0.3 is 5.97 Å². The molecule has 1 rings (SSSR count). The molecule has 0 amide bonds. The lowest BCUT2D eigenvalue weighted by atomic mass is 10.1. The van der Waals surface area contributed by atoms with E-state index in [-0.39, 0.29) is 12.4 Å². The highest BCUT2D eigenvalue weighted by molar-refractivity contribution is 5.87. The van der Waals surface area contributed by atoms with Crippen LogP contribution in [0, 0.1) is 0 Å². The van der Waals surface area contributed by atoms with Gasteiger partial charge in [-0.25, -0.2) is 4.79 Å². The second-order valence-electron chi connectivity index (χ2n) is 3.73. The molecule has 4 nitrogen and oxygen atoms in total. The molecule has 0 aromatic heterocycles. The van der Waals surface area contributed by atoms with Gasteiger partial charge in [-0.2, -0.15) is 0 Å². The van der Waals surface area contributed by atoms with Crippen molar-refractivity contribution < 1.29 is 14.6 Å². The first-order valence-electron chi connectivity index (χ1n) is 5.84. The second kappa shape index (κ2) is 9.88. The van der Waals surface area contributed by atoms with Gasteiger partial charge in [-0.3, -0.25) is 0 Å². The van der Waals surface area contributed by atoms with Crippen molar-refractivity contribution >= 4 is 18.4 Å². The van der Waals surface area contributed by atoms with E-state index in [1.54, 1.807) is 12.1 Å². The lowest BCUT2D eigenvalue weighted by Crippen LogP contribution is -2.16. The minimum absolute atomic E-state index is 0. The summed E-state index contributed by atoms with van der Waals surface area (Å²) in [4.78, 5) is 10.6. The van der Waals surface area contributed by atoms with E-state index < -0.39 is 5.97 Å². The van der Waals surface area contributed by atoms with Crippen LogP contribution in [0.4, 0.5) is 0 Å². The molecular formula is C13H20ClNO3. The monoisotopic (exact) mass is 273 g/mol. The van der Waals surface area contributed by atoms with Crippen LogP contribution in [0.2, 0.25) is 0 Å². The molecule has 0 spiro atoms. The SMILES string of the molecule is CCOCCCNCc1ccc(C(=O)O)cc1.Cl. The van der Waals surface area contributed by atoms with Crippen molar-refractivity contribution in [2.45, 2.75) is 19.9 Å². The maximum Gasteiger partial charge on any atom is 0.335 e. The molecular weight excluding hydrogens is 254 g/mol. The van der Waals surface area contributed by atoms with E-state index in [2.05, 4.69) is 5.32 Å². The van der Waals surface area contributed by atoms with Crippen LogP contribution in [0.1, 0.15) is 29.3 Å². The number of carbonyl (C=O) groups is 1. The van der Waals surface area contributed by atoms with Crippen LogP contribution in [0.15, 0.2) is 24.3 Å². The summed E-state index contributed by atoms with van der Waals surface area (Å²) in [6, 6.07) is 6.91. The number of rotatable bonds is 8. The zero-order chi connectivity index (χ0) is 12.5. The van der Waals surface area contributed by atoms with Crippen molar-refractivity contribution in [3.63, 3.8) is 0 Å². The summed E-state index contributed by atoms with van der Waals surface area (Å²) in [7, 11) is 0. The van der Waals surface area contributed by atoms with Crippen molar-refractivity contribution in [1.82, 2.24) is 5.32 Å². The van der Waals surface area contributed by atoms with Gasteiger partial charge in [-0.05, 0) is 37.6 Å². The number of halogens is 1. The van der Waals surface area contributed by atoms with Crippen molar-refractivity contribution in [3.05, 3.63) is 35.4 Å². The van der Waals surface area contributed by atoms with Gasteiger partial charge in [0.2, 0.25) is 0 Å². The Balaban J connectivity index is 0.00000289. The first-order valence-corrected chi connectivity index (χ1v) is 5.84. The van der Waals surface area contributed by atoms with Gasteiger partial charge in [0.15, 0.2) is 0 Å². The summed E-state index contributed by atoms with van der Waals surface area (Å²) in [5.74, 6) is -0.888. The quantitative estimate of drug-likeness (QED) is 0.714. The van der Waals surface area contributed by atoms with E-state index >= 15 is 0 Å². The van der Waals surface area contributed by atoms with Crippen molar-refractivity contribution in [2.24, 2.45) is 0 Å². The first kappa shape index (κ1) is 16.9. The zero-order valence-electron chi connectivity index (χ0n) is 10.5. The number of hydrogen-bond donors (Lipinski definition) is 2. The summed E-state index contributed by atoms with van der Waals surface area (Å²) in [5, 5.41) is 12.0. The van der Waals surface area contributed by atoms with E-state index in [1.165, 1.54) is 0 Å². The Morgan fingerprint density at radius 2 is 2.00 bits per heavy atom. The Labute approximate surface area is 114 Å². The molecule has 18 heavy (non-hydrogen) atoms. The third kappa shape index (κ3) is 6.59. The summed E-state index contributed by atoms with van der Waals surface area (Å²) < 4.78 is 5.22. The van der Waals surface area contributed by atoms with Gasteiger partial charge in [0.1, 0.15) is 0 Å². The van der Waals surface area contributed by atoms with Crippen LogP contribution in [0.5, 0.6) is 0 Å². The Morgan fingerprint density at radius 1 is 1.33 bits per heavy atom. The zero-order valence-corrected chi connectivity index (χ0v) is 11.3. The third-order valence-electron chi connectivity index (χ3n) is 2.38. The Kier molecular flexibility index (Phi) is 9.28. The topological polar surface area (TPSA) is 58.6 Å². The fourth-order valence-corrected chi connectivity index (χ4v) is 1.44. The van der Waals surface area contributed by atoms with E-state index in [9.17, 15) is 4.79 Å². The minimum atomic E-state index is -0.888. The van der Waals surface area contributed by atoms with E-state index in [0.717, 1.165) is 38.3 Å². The highest BCUT2D eigenvalue weighted by atomic mass is 35.5. The molecule has 0 aliphatic carbocycles. The molecule has 2 N–H and O–H groups in total. The molecule has 5 heteroatoms. The smallest absolute Gasteiger partial charge is 0.335 e. The van der Waals surface area contributed by atoms with E-state index in [4.69, 9.17) is 9.84 Å². The number of aromatic carboxylic acids is 1. The molecule has 0 aliphatic heterocycles. The molecule has 0 saturated heterocycles. The van der Waals surface area contributed by atoms with E-state index in [0.29, 0.717) is 5.56 Å². The van der Waals surface area contributed by atoms with Gasteiger partial charge in [-0.15, -0.1) is 12.4 Å². The van der Waals surface area contributed by atoms with Gasteiger partial charge in [0.05, 0.1) is 5.56 Å². The summed E-state index contributed by atoms with van der Waals surface area (Å²) in [6.07, 6.45) is 0.987. The molecule has 1 aromatic rings. The molecule has 102 valence electrons. The predicted molar refractivity (Wildman–Crippen MR) is 73.5 cm³/mol. The number of carboxylic acid groups (broad SMARTS) is 1. The Hall–Kier alpha value is -1.10. The van der Waals surface area contributed by atoms with Crippen molar-refractivity contribution in [3.8, 4) is 0 Å². The van der Waals surface area contributed by atoms with Crippen LogP contribution in [-0.4, -0.2) is 30.8 Å². The van der Waals surface area contributed by atoms with Crippen molar-refractivity contribution in [2.75, 3.05) is 19.8 Å². The number of benzene rings is 1. The maximum absolute atomic E-state index is 10.6. The third-order valence-corrected chi connectivity index (χ3v) is 2.38. The average Bonchev–Trinajstić information content (AvgIpc) is 2.34. The lowest BCUT2D eigenvalue weighted by molar-refractivity contribution is 0.0697. The average molecular weight is 274 g/mol. The number of hydrogen-bond acceptors (Lipinski definition) is 3. The second-order valence-corrected chi connectivity index (χ2v) is 3.73. The van der Waals surface area contributed by atoms with Crippen LogP contribution in [0.25, 0.3) is 0 Å². The summed E-state index contributed by atoms with van der Waals surface area (Å²) in [5.41, 5.74) is 1.41. The fraction of sp³-hybridized carbons (Fsp3) is 0.462. The summed E-state index contributed by atoms with van der Waals surface area (Å²) >= 11 is 0.